The molecule has 0 amide bonds. The van der Waals surface area contributed by atoms with Gasteiger partial charge in [-0.1, -0.05) is 6.92 Å². The van der Waals surface area contributed by atoms with Gasteiger partial charge in [-0.3, -0.25) is 4.98 Å². The minimum absolute atomic E-state index is 0.0817. The fourth-order valence-electron chi connectivity index (χ4n) is 1.77. The Bertz CT molecular complexity index is 439. The first kappa shape index (κ1) is 11.8. The quantitative estimate of drug-likeness (QED) is 0.864. The lowest BCUT2D eigenvalue weighted by molar-refractivity contribution is 0.522. The summed E-state index contributed by atoms with van der Waals surface area (Å²) in [5.74, 6) is -0.313. The van der Waals surface area contributed by atoms with E-state index in [2.05, 4.69) is 10.3 Å². The number of hydrogen-bond acceptors (Lipinski definition) is 3. The van der Waals surface area contributed by atoms with Gasteiger partial charge in [-0.05, 0) is 36.7 Å². The molecule has 90 valence electrons. The van der Waals surface area contributed by atoms with Crippen molar-refractivity contribution >= 4 is 0 Å². The van der Waals surface area contributed by atoms with E-state index in [1.807, 2.05) is 13.0 Å². The number of halogens is 1. The Morgan fingerprint density at radius 3 is 2.88 bits per heavy atom. The minimum atomic E-state index is -0.313. The summed E-state index contributed by atoms with van der Waals surface area (Å²) >= 11 is 0. The number of aromatic nitrogens is 1. The lowest BCUT2D eigenvalue weighted by atomic mass is 10.1. The fraction of sp³-hybridized carbons (Fsp3) is 0.308. The second kappa shape index (κ2) is 5.59. The molecule has 2 aromatic rings. The number of pyridine rings is 1. The average molecular weight is 234 g/mol. The Kier molecular flexibility index (Phi) is 3.88. The van der Waals surface area contributed by atoms with Crippen molar-refractivity contribution in [3.05, 3.63) is 54.0 Å². The van der Waals surface area contributed by atoms with Crippen molar-refractivity contribution in [1.29, 1.82) is 0 Å². The highest BCUT2D eigenvalue weighted by Crippen LogP contribution is 2.17. The molecular weight excluding hydrogens is 219 g/mol. The summed E-state index contributed by atoms with van der Waals surface area (Å²) in [5, 5.41) is 3.33. The number of nitrogens with one attached hydrogen (secondary N) is 1. The van der Waals surface area contributed by atoms with Crippen molar-refractivity contribution in [3.8, 4) is 0 Å². The van der Waals surface area contributed by atoms with Crippen LogP contribution in [0.15, 0.2) is 41.3 Å². The van der Waals surface area contributed by atoms with Crippen molar-refractivity contribution in [3.63, 3.8) is 0 Å². The molecule has 0 saturated heterocycles. The number of hydrogen-bond donors (Lipinski definition) is 1. The topological polar surface area (TPSA) is 38.1 Å². The predicted molar refractivity (Wildman–Crippen MR) is 63.0 cm³/mol. The third kappa shape index (κ3) is 3.14. The van der Waals surface area contributed by atoms with E-state index in [9.17, 15) is 4.39 Å². The van der Waals surface area contributed by atoms with Crippen LogP contribution in [0.4, 0.5) is 4.39 Å². The first-order chi connectivity index (χ1) is 8.29. The van der Waals surface area contributed by atoms with Crippen LogP contribution in [-0.4, -0.2) is 11.5 Å². The lowest BCUT2D eigenvalue weighted by Gasteiger charge is -2.16. The van der Waals surface area contributed by atoms with E-state index in [1.54, 1.807) is 18.6 Å². The summed E-state index contributed by atoms with van der Waals surface area (Å²) in [4.78, 5) is 4.11. The number of nitrogens with zero attached hydrogens (tertiary/aromatic N) is 1. The molecule has 0 bridgehead atoms. The number of rotatable bonds is 5. The molecule has 1 unspecified atom stereocenters. The molecule has 1 atom stereocenters. The zero-order valence-electron chi connectivity index (χ0n) is 9.69. The van der Waals surface area contributed by atoms with E-state index >= 15 is 0 Å². The van der Waals surface area contributed by atoms with E-state index in [0.29, 0.717) is 0 Å². The van der Waals surface area contributed by atoms with Gasteiger partial charge in [0.25, 0.3) is 0 Å². The van der Waals surface area contributed by atoms with Crippen LogP contribution in [0.3, 0.4) is 0 Å². The van der Waals surface area contributed by atoms with Crippen molar-refractivity contribution in [2.75, 3.05) is 6.54 Å². The van der Waals surface area contributed by atoms with Crippen molar-refractivity contribution in [2.24, 2.45) is 0 Å². The molecule has 2 aromatic heterocycles. The maximum atomic E-state index is 12.8. The normalized spacial score (nSPS) is 12.6. The highest BCUT2D eigenvalue weighted by molar-refractivity contribution is 5.15. The number of furan rings is 1. The van der Waals surface area contributed by atoms with Crippen LogP contribution in [0, 0.1) is 5.82 Å². The maximum absolute atomic E-state index is 12.8. The second-order valence-electron chi connectivity index (χ2n) is 3.85. The van der Waals surface area contributed by atoms with Gasteiger partial charge in [0.2, 0.25) is 0 Å². The van der Waals surface area contributed by atoms with Gasteiger partial charge in [0, 0.05) is 0 Å². The molecule has 0 spiro atoms. The van der Waals surface area contributed by atoms with Crippen molar-refractivity contribution < 1.29 is 8.81 Å². The van der Waals surface area contributed by atoms with Gasteiger partial charge in [0.1, 0.15) is 5.82 Å². The Labute approximate surface area is 99.7 Å². The van der Waals surface area contributed by atoms with Crippen LogP contribution >= 0.6 is 0 Å². The zero-order chi connectivity index (χ0) is 12.1. The van der Waals surface area contributed by atoms with E-state index in [4.69, 9.17) is 4.42 Å². The molecule has 0 aliphatic rings. The molecule has 0 radical (unpaired) electrons. The molecule has 0 saturated carbocycles. The van der Waals surface area contributed by atoms with Crippen LogP contribution in [0.25, 0.3) is 0 Å². The molecule has 0 aliphatic heterocycles. The first-order valence-corrected chi connectivity index (χ1v) is 5.65. The summed E-state index contributed by atoms with van der Waals surface area (Å²) in [6.07, 6.45) is 5.39. The molecular formula is C13H15FN2O. The predicted octanol–water partition coefficient (Wildman–Crippen LogP) is 2.71. The lowest BCUT2D eigenvalue weighted by Crippen LogP contribution is -2.23. The summed E-state index contributed by atoms with van der Waals surface area (Å²) in [6, 6.07) is 5.15. The highest BCUT2D eigenvalue weighted by atomic mass is 19.1. The van der Waals surface area contributed by atoms with Crippen LogP contribution < -0.4 is 5.32 Å². The SMILES string of the molecule is CCNC(Cc1ccoc1)c1ccc(F)cn1. The number of likely N-dealkylation sites (N-methyl/N-ethyl adjacent to an activating group) is 1. The second-order valence-corrected chi connectivity index (χ2v) is 3.85. The Morgan fingerprint density at radius 2 is 2.29 bits per heavy atom. The smallest absolute Gasteiger partial charge is 0.141 e. The van der Waals surface area contributed by atoms with Crippen LogP contribution in [-0.2, 0) is 6.42 Å². The standard InChI is InChI=1S/C13H15FN2O/c1-2-15-13(7-10-5-6-17-9-10)12-4-3-11(14)8-16-12/h3-6,8-9,13,15H,2,7H2,1H3. The van der Waals surface area contributed by atoms with Crippen LogP contribution in [0.1, 0.15) is 24.2 Å². The van der Waals surface area contributed by atoms with Gasteiger partial charge < -0.3 is 9.73 Å². The molecule has 0 aromatic carbocycles. The average Bonchev–Trinajstić information content (AvgIpc) is 2.82. The van der Waals surface area contributed by atoms with E-state index in [0.717, 1.165) is 24.2 Å². The van der Waals surface area contributed by atoms with Gasteiger partial charge in [-0.25, -0.2) is 4.39 Å². The van der Waals surface area contributed by atoms with Gasteiger partial charge in [0.15, 0.2) is 0 Å². The van der Waals surface area contributed by atoms with Gasteiger partial charge >= 0.3 is 0 Å². The molecule has 0 aliphatic carbocycles. The Morgan fingerprint density at radius 1 is 1.41 bits per heavy atom. The Hall–Kier alpha value is -1.68. The minimum Gasteiger partial charge on any atom is -0.472 e. The highest BCUT2D eigenvalue weighted by Gasteiger charge is 2.13. The molecule has 4 heteroatoms. The van der Waals surface area contributed by atoms with E-state index < -0.39 is 0 Å². The summed E-state index contributed by atoms with van der Waals surface area (Å²) in [6.45, 7) is 2.87. The zero-order valence-corrected chi connectivity index (χ0v) is 9.69. The summed E-state index contributed by atoms with van der Waals surface area (Å²) in [5.41, 5.74) is 1.94. The van der Waals surface area contributed by atoms with Gasteiger partial charge in [0.05, 0.1) is 30.5 Å². The fourth-order valence-corrected chi connectivity index (χ4v) is 1.77. The molecule has 17 heavy (non-hydrogen) atoms. The van der Waals surface area contributed by atoms with Crippen LogP contribution in [0.5, 0.6) is 0 Å². The molecule has 1 N–H and O–H groups in total. The Balaban J connectivity index is 2.13. The van der Waals surface area contributed by atoms with Gasteiger partial charge in [-0.15, -0.1) is 0 Å². The maximum Gasteiger partial charge on any atom is 0.141 e. The molecule has 2 heterocycles. The third-order valence-electron chi connectivity index (χ3n) is 2.58. The first-order valence-electron chi connectivity index (χ1n) is 5.65. The van der Waals surface area contributed by atoms with Gasteiger partial charge in [-0.2, -0.15) is 0 Å². The largest absolute Gasteiger partial charge is 0.472 e. The van der Waals surface area contributed by atoms with Crippen LogP contribution in [0.2, 0.25) is 0 Å². The van der Waals surface area contributed by atoms with E-state index in [-0.39, 0.29) is 11.9 Å². The van der Waals surface area contributed by atoms with Crippen molar-refractivity contribution in [1.82, 2.24) is 10.3 Å². The molecule has 2 rings (SSSR count). The molecule has 3 nitrogen and oxygen atoms in total. The van der Waals surface area contributed by atoms with Crippen molar-refractivity contribution in [2.45, 2.75) is 19.4 Å². The van der Waals surface area contributed by atoms with E-state index in [1.165, 1.54) is 12.3 Å². The molecule has 0 fully saturated rings. The third-order valence-corrected chi connectivity index (χ3v) is 2.58. The monoisotopic (exact) mass is 234 g/mol. The summed E-state index contributed by atoms with van der Waals surface area (Å²) in [7, 11) is 0. The summed E-state index contributed by atoms with van der Waals surface area (Å²) < 4.78 is 17.9.